The van der Waals surface area contributed by atoms with Gasteiger partial charge >= 0.3 is 0 Å². The van der Waals surface area contributed by atoms with Crippen molar-refractivity contribution in [2.24, 2.45) is 0 Å². The van der Waals surface area contributed by atoms with Crippen LogP contribution >= 0.6 is 11.8 Å². The number of para-hydroxylation sites is 1. The van der Waals surface area contributed by atoms with Crippen LogP contribution in [0.15, 0.2) is 83.9 Å². The Morgan fingerprint density at radius 3 is 2.38 bits per heavy atom. The van der Waals surface area contributed by atoms with Crippen LogP contribution in [-0.2, 0) is 20.9 Å². The molecule has 10 heteroatoms. The lowest BCUT2D eigenvalue weighted by Crippen LogP contribution is -2.36. The maximum atomic E-state index is 13.4. The van der Waals surface area contributed by atoms with Crippen LogP contribution in [0.25, 0.3) is 17.0 Å². The van der Waals surface area contributed by atoms with E-state index in [0.717, 1.165) is 39.2 Å². The third-order valence-electron chi connectivity index (χ3n) is 6.04. The number of aromatic nitrogens is 1. The predicted octanol–water partition coefficient (Wildman–Crippen LogP) is 5.40. The Balaban J connectivity index is 1.33. The minimum atomic E-state index is -0.625. The summed E-state index contributed by atoms with van der Waals surface area (Å²) in [4.78, 5) is 51.7. The molecule has 4 aromatic rings. The number of benzene rings is 3. The number of anilines is 2. The lowest BCUT2D eigenvalue weighted by molar-refractivity contribution is -0.127. The molecule has 0 saturated carbocycles. The fourth-order valence-corrected chi connectivity index (χ4v) is 5.03. The number of thioether (sulfide) groups is 1. The number of nitrogens with one attached hydrogen (secondary N) is 2. The van der Waals surface area contributed by atoms with Crippen LogP contribution in [-0.4, -0.2) is 39.0 Å². The number of imide groups is 1. The molecule has 1 saturated heterocycles. The molecular formula is C29H23FN4O4S. The number of carbonyl (C=O) groups is 4. The third-order valence-corrected chi connectivity index (χ3v) is 6.95. The minimum Gasteiger partial charge on any atom is -0.337 e. The molecule has 1 fully saturated rings. The van der Waals surface area contributed by atoms with Gasteiger partial charge < -0.3 is 15.2 Å². The molecule has 0 atom stereocenters. The van der Waals surface area contributed by atoms with Gasteiger partial charge in [-0.15, -0.1) is 0 Å². The first-order valence-corrected chi connectivity index (χ1v) is 12.8. The summed E-state index contributed by atoms with van der Waals surface area (Å²) in [6.45, 7) is 1.51. The van der Waals surface area contributed by atoms with Crippen molar-refractivity contribution >= 4 is 63.1 Å². The molecule has 5 rings (SSSR count). The highest BCUT2D eigenvalue weighted by Gasteiger charge is 2.36. The first kappa shape index (κ1) is 25.9. The summed E-state index contributed by atoms with van der Waals surface area (Å²) in [6.07, 6.45) is 3.34. The van der Waals surface area contributed by atoms with Crippen LogP contribution in [0.1, 0.15) is 11.1 Å². The molecule has 4 amide bonds. The number of aryl methyl sites for hydroxylation is 1. The average molecular weight is 543 g/mol. The van der Waals surface area contributed by atoms with E-state index in [1.165, 1.54) is 18.2 Å². The van der Waals surface area contributed by atoms with E-state index in [-0.39, 0.29) is 23.0 Å². The molecule has 0 radical (unpaired) electrons. The summed E-state index contributed by atoms with van der Waals surface area (Å²) in [5, 5.41) is 5.59. The average Bonchev–Trinajstić information content (AvgIpc) is 3.37. The van der Waals surface area contributed by atoms with E-state index in [9.17, 15) is 23.6 Å². The number of carbonyl (C=O) groups excluding carboxylic acids is 4. The third kappa shape index (κ3) is 5.91. The molecule has 1 aliphatic heterocycles. The van der Waals surface area contributed by atoms with E-state index in [4.69, 9.17) is 0 Å². The zero-order valence-corrected chi connectivity index (χ0v) is 21.6. The lowest BCUT2D eigenvalue weighted by atomic mass is 10.1. The van der Waals surface area contributed by atoms with Gasteiger partial charge in [0.15, 0.2) is 0 Å². The van der Waals surface area contributed by atoms with Crippen LogP contribution in [0.3, 0.4) is 0 Å². The monoisotopic (exact) mass is 542 g/mol. The maximum Gasteiger partial charge on any atom is 0.294 e. The highest BCUT2D eigenvalue weighted by atomic mass is 32.2. The van der Waals surface area contributed by atoms with Gasteiger partial charge in [-0.3, -0.25) is 24.1 Å². The lowest BCUT2D eigenvalue weighted by Gasteiger charge is -2.12. The van der Waals surface area contributed by atoms with Crippen molar-refractivity contribution < 1.29 is 23.6 Å². The van der Waals surface area contributed by atoms with Crippen molar-refractivity contribution in [3.8, 4) is 0 Å². The van der Waals surface area contributed by atoms with Crippen LogP contribution in [0.5, 0.6) is 0 Å². The van der Waals surface area contributed by atoms with Crippen LogP contribution < -0.4 is 10.6 Å². The molecular weight excluding hydrogens is 519 g/mol. The SMILES string of the molecule is Cc1ccc(NC(=O)Cn2cc(/C=C3/SC(=O)N(CC(=O)Nc4cccc(F)c4)C3=O)c3ccccc32)cc1. The molecule has 1 aromatic heterocycles. The molecule has 3 aromatic carbocycles. The Morgan fingerprint density at radius 2 is 1.62 bits per heavy atom. The molecule has 8 nitrogen and oxygen atoms in total. The molecule has 0 bridgehead atoms. The van der Waals surface area contributed by atoms with Gasteiger partial charge in [0.25, 0.3) is 11.1 Å². The number of rotatable bonds is 7. The molecule has 196 valence electrons. The zero-order chi connectivity index (χ0) is 27.5. The van der Waals surface area contributed by atoms with Gasteiger partial charge in [-0.25, -0.2) is 4.39 Å². The highest BCUT2D eigenvalue weighted by Crippen LogP contribution is 2.34. The fraction of sp³-hybridized carbons (Fsp3) is 0.103. The Labute approximate surface area is 227 Å². The van der Waals surface area contributed by atoms with Gasteiger partial charge in [0.1, 0.15) is 18.9 Å². The van der Waals surface area contributed by atoms with E-state index in [1.54, 1.807) is 16.8 Å². The van der Waals surface area contributed by atoms with Crippen LogP contribution in [0, 0.1) is 12.7 Å². The zero-order valence-electron chi connectivity index (χ0n) is 20.8. The summed E-state index contributed by atoms with van der Waals surface area (Å²) in [6, 6.07) is 20.3. The Hall–Kier alpha value is -4.70. The van der Waals surface area contributed by atoms with Crippen molar-refractivity contribution in [2.45, 2.75) is 13.5 Å². The molecule has 0 aliphatic carbocycles. The van der Waals surface area contributed by atoms with E-state index in [2.05, 4.69) is 10.6 Å². The first-order valence-electron chi connectivity index (χ1n) is 12.0. The van der Waals surface area contributed by atoms with Gasteiger partial charge in [-0.1, -0.05) is 42.0 Å². The van der Waals surface area contributed by atoms with E-state index < -0.39 is 29.4 Å². The van der Waals surface area contributed by atoms with Crippen LogP contribution in [0.4, 0.5) is 20.6 Å². The van der Waals surface area contributed by atoms with Crippen molar-refractivity contribution in [3.05, 3.63) is 101 Å². The van der Waals surface area contributed by atoms with Crippen molar-refractivity contribution in [3.63, 3.8) is 0 Å². The smallest absolute Gasteiger partial charge is 0.294 e. The molecule has 2 N–H and O–H groups in total. The van der Waals surface area contributed by atoms with E-state index in [1.807, 2.05) is 55.5 Å². The quantitative estimate of drug-likeness (QED) is 0.305. The molecule has 1 aliphatic rings. The summed E-state index contributed by atoms with van der Waals surface area (Å²) in [5.74, 6) is -1.96. The Kier molecular flexibility index (Phi) is 7.29. The van der Waals surface area contributed by atoms with Gasteiger partial charge in [0.2, 0.25) is 11.8 Å². The Bertz CT molecular complexity index is 1640. The topological polar surface area (TPSA) is 101 Å². The molecule has 0 unspecified atom stereocenters. The first-order chi connectivity index (χ1) is 18.8. The number of nitrogens with zero attached hydrogens (tertiary/aromatic N) is 2. The van der Waals surface area contributed by atoms with Gasteiger partial charge in [-0.05, 0) is 61.2 Å². The molecule has 2 heterocycles. The van der Waals surface area contributed by atoms with E-state index in [0.29, 0.717) is 11.3 Å². The van der Waals surface area contributed by atoms with Crippen molar-refractivity contribution in [1.29, 1.82) is 0 Å². The molecule has 0 spiro atoms. The number of halogens is 1. The van der Waals surface area contributed by atoms with Gasteiger partial charge in [-0.2, -0.15) is 0 Å². The normalized spacial score (nSPS) is 14.3. The van der Waals surface area contributed by atoms with Gasteiger partial charge in [0.05, 0.1) is 4.91 Å². The summed E-state index contributed by atoms with van der Waals surface area (Å²) in [7, 11) is 0. The van der Waals surface area contributed by atoms with E-state index >= 15 is 0 Å². The number of hydrogen-bond donors (Lipinski definition) is 2. The minimum absolute atomic E-state index is 0.0456. The second kappa shape index (κ2) is 11.0. The number of hydrogen-bond acceptors (Lipinski definition) is 5. The fourth-order valence-electron chi connectivity index (χ4n) is 4.20. The Morgan fingerprint density at radius 1 is 0.897 bits per heavy atom. The van der Waals surface area contributed by atoms with Crippen molar-refractivity contribution in [1.82, 2.24) is 9.47 Å². The summed E-state index contributed by atoms with van der Waals surface area (Å²) >= 11 is 0.732. The highest BCUT2D eigenvalue weighted by molar-refractivity contribution is 8.18. The van der Waals surface area contributed by atoms with Crippen molar-refractivity contribution in [2.75, 3.05) is 17.2 Å². The summed E-state index contributed by atoms with van der Waals surface area (Å²) < 4.78 is 15.2. The second-order valence-electron chi connectivity index (χ2n) is 8.97. The standard InChI is InChI=1S/C29H23FN4O4S/c1-18-9-11-21(12-10-18)31-26(35)16-33-15-19(23-7-2-3-8-24(23)33)13-25-28(37)34(29(38)39-25)17-27(36)32-22-6-4-5-20(30)14-22/h2-15H,16-17H2,1H3,(H,31,35)(H,32,36)/b25-13+. The number of amides is 4. The van der Waals surface area contributed by atoms with Gasteiger partial charge in [0, 0.05) is 34.0 Å². The molecule has 39 heavy (non-hydrogen) atoms. The van der Waals surface area contributed by atoms with Crippen LogP contribution in [0.2, 0.25) is 0 Å². The second-order valence-corrected chi connectivity index (χ2v) is 9.96. The largest absolute Gasteiger partial charge is 0.337 e. The summed E-state index contributed by atoms with van der Waals surface area (Å²) in [5.41, 5.74) is 3.45. The maximum absolute atomic E-state index is 13.4. The predicted molar refractivity (Wildman–Crippen MR) is 149 cm³/mol. The number of fused-ring (bicyclic) bond motifs is 1.